The maximum atomic E-state index is 11.6. The minimum absolute atomic E-state index is 0.0892. The molecule has 82 valence electrons. The average molecular weight is 227 g/mol. The first kappa shape index (κ1) is 12.0. The van der Waals surface area contributed by atoms with Crippen LogP contribution in [0.25, 0.3) is 0 Å². The number of nitrogens with one attached hydrogen (secondary N) is 2. The van der Waals surface area contributed by atoms with Crippen molar-refractivity contribution >= 4 is 23.2 Å². The Morgan fingerprint density at radius 1 is 1.47 bits per heavy atom. The summed E-state index contributed by atoms with van der Waals surface area (Å²) < 4.78 is 0. The van der Waals surface area contributed by atoms with Crippen LogP contribution in [0.5, 0.6) is 0 Å². The average Bonchev–Trinajstić information content (AvgIpc) is 2.22. The molecule has 0 saturated heterocycles. The first-order valence-corrected chi connectivity index (χ1v) is 5.17. The Hall–Kier alpha value is -1.06. The number of likely N-dealkylation sites (N-methyl/N-ethyl adjacent to an activating group) is 1. The van der Waals surface area contributed by atoms with E-state index in [4.69, 9.17) is 11.6 Å². The van der Waals surface area contributed by atoms with Crippen molar-refractivity contribution in [2.75, 3.05) is 12.4 Å². The molecule has 4 heteroatoms. The number of aryl methyl sites for hydroxylation is 1. The fourth-order valence-corrected chi connectivity index (χ4v) is 1.42. The lowest BCUT2D eigenvalue weighted by molar-refractivity contribution is -0.117. The number of hydrogen-bond acceptors (Lipinski definition) is 2. The highest BCUT2D eigenvalue weighted by molar-refractivity contribution is 6.34. The van der Waals surface area contributed by atoms with E-state index >= 15 is 0 Å². The minimum atomic E-state index is -0.235. The molecule has 1 unspecified atom stereocenters. The SMILES string of the molecule is CNC(C)C(=O)Nc1c(C)cccc1Cl. The quantitative estimate of drug-likeness (QED) is 0.830. The second kappa shape index (κ2) is 5.14. The molecular formula is C11H15ClN2O. The Morgan fingerprint density at radius 3 is 2.67 bits per heavy atom. The van der Waals surface area contributed by atoms with E-state index in [2.05, 4.69) is 10.6 Å². The van der Waals surface area contributed by atoms with E-state index < -0.39 is 0 Å². The number of hydrogen-bond donors (Lipinski definition) is 2. The van der Waals surface area contributed by atoms with Crippen LogP contribution in [0, 0.1) is 6.92 Å². The van der Waals surface area contributed by atoms with Gasteiger partial charge >= 0.3 is 0 Å². The van der Waals surface area contributed by atoms with E-state index in [1.807, 2.05) is 19.1 Å². The van der Waals surface area contributed by atoms with Crippen molar-refractivity contribution in [2.45, 2.75) is 19.9 Å². The molecule has 0 saturated carbocycles. The van der Waals surface area contributed by atoms with Crippen LogP contribution in [-0.2, 0) is 4.79 Å². The Bertz CT molecular complexity index is 345. The monoisotopic (exact) mass is 226 g/mol. The van der Waals surface area contributed by atoms with E-state index in [-0.39, 0.29) is 11.9 Å². The first-order valence-electron chi connectivity index (χ1n) is 4.79. The van der Waals surface area contributed by atoms with E-state index in [0.29, 0.717) is 10.7 Å². The summed E-state index contributed by atoms with van der Waals surface area (Å²) in [6.45, 7) is 3.70. The minimum Gasteiger partial charge on any atom is -0.323 e. The smallest absolute Gasteiger partial charge is 0.241 e. The summed E-state index contributed by atoms with van der Waals surface area (Å²) in [5, 5.41) is 6.23. The van der Waals surface area contributed by atoms with Crippen molar-refractivity contribution in [3.8, 4) is 0 Å². The highest BCUT2D eigenvalue weighted by atomic mass is 35.5. The number of para-hydroxylation sites is 1. The molecule has 0 aromatic heterocycles. The number of carbonyl (C=O) groups excluding carboxylic acids is 1. The normalized spacial score (nSPS) is 12.3. The second-order valence-electron chi connectivity index (χ2n) is 3.43. The van der Waals surface area contributed by atoms with Gasteiger partial charge in [-0.05, 0) is 32.5 Å². The molecule has 0 aliphatic rings. The molecule has 0 spiro atoms. The van der Waals surface area contributed by atoms with Crippen LogP contribution in [0.1, 0.15) is 12.5 Å². The molecule has 1 rings (SSSR count). The molecule has 0 bridgehead atoms. The summed E-state index contributed by atoms with van der Waals surface area (Å²) in [5.41, 5.74) is 1.64. The van der Waals surface area contributed by atoms with Gasteiger partial charge < -0.3 is 10.6 Å². The number of carbonyl (C=O) groups is 1. The molecule has 3 nitrogen and oxygen atoms in total. The second-order valence-corrected chi connectivity index (χ2v) is 3.84. The molecule has 0 heterocycles. The van der Waals surface area contributed by atoms with Gasteiger partial charge in [0.2, 0.25) is 5.91 Å². The Kier molecular flexibility index (Phi) is 4.12. The van der Waals surface area contributed by atoms with Crippen LogP contribution in [0.4, 0.5) is 5.69 Å². The van der Waals surface area contributed by atoms with Crippen molar-refractivity contribution in [3.05, 3.63) is 28.8 Å². The van der Waals surface area contributed by atoms with Gasteiger partial charge in [-0.2, -0.15) is 0 Å². The summed E-state index contributed by atoms with van der Waals surface area (Å²) in [7, 11) is 1.74. The molecule has 1 atom stereocenters. The van der Waals surface area contributed by atoms with Crippen LogP contribution < -0.4 is 10.6 Å². The molecule has 0 radical (unpaired) electrons. The molecule has 1 aromatic carbocycles. The first-order chi connectivity index (χ1) is 7.06. The van der Waals surface area contributed by atoms with E-state index in [9.17, 15) is 4.79 Å². The van der Waals surface area contributed by atoms with E-state index in [0.717, 1.165) is 5.56 Å². The molecule has 0 aliphatic heterocycles. The lowest BCUT2D eigenvalue weighted by atomic mass is 10.2. The fraction of sp³-hybridized carbons (Fsp3) is 0.364. The summed E-state index contributed by atoms with van der Waals surface area (Å²) in [6, 6.07) is 5.29. The summed E-state index contributed by atoms with van der Waals surface area (Å²) in [6.07, 6.45) is 0. The summed E-state index contributed by atoms with van der Waals surface area (Å²) in [4.78, 5) is 11.6. The van der Waals surface area contributed by atoms with Gasteiger partial charge in [-0.1, -0.05) is 23.7 Å². The molecule has 15 heavy (non-hydrogen) atoms. The lowest BCUT2D eigenvalue weighted by Crippen LogP contribution is -2.35. The number of amides is 1. The predicted molar refractivity (Wildman–Crippen MR) is 63.3 cm³/mol. The van der Waals surface area contributed by atoms with Crippen molar-refractivity contribution in [1.82, 2.24) is 5.32 Å². The van der Waals surface area contributed by atoms with Gasteiger partial charge in [0.25, 0.3) is 0 Å². The third kappa shape index (κ3) is 2.94. The van der Waals surface area contributed by atoms with Crippen molar-refractivity contribution in [1.29, 1.82) is 0 Å². The van der Waals surface area contributed by atoms with Crippen LogP contribution in [-0.4, -0.2) is 19.0 Å². The maximum Gasteiger partial charge on any atom is 0.241 e. The number of benzene rings is 1. The van der Waals surface area contributed by atoms with Gasteiger partial charge in [-0.3, -0.25) is 4.79 Å². The summed E-state index contributed by atoms with van der Waals surface area (Å²) >= 11 is 5.99. The van der Waals surface area contributed by atoms with Gasteiger partial charge in [0.05, 0.1) is 16.8 Å². The van der Waals surface area contributed by atoms with Gasteiger partial charge in [0.15, 0.2) is 0 Å². The Labute approximate surface area is 94.8 Å². The van der Waals surface area contributed by atoms with Crippen LogP contribution in [0.3, 0.4) is 0 Å². The Balaban J connectivity index is 2.85. The van der Waals surface area contributed by atoms with Gasteiger partial charge in [0.1, 0.15) is 0 Å². The van der Waals surface area contributed by atoms with E-state index in [1.165, 1.54) is 0 Å². The zero-order valence-electron chi connectivity index (χ0n) is 9.10. The number of rotatable bonds is 3. The van der Waals surface area contributed by atoms with Crippen molar-refractivity contribution in [2.24, 2.45) is 0 Å². The molecular weight excluding hydrogens is 212 g/mol. The number of halogens is 1. The van der Waals surface area contributed by atoms with Crippen LogP contribution in [0.2, 0.25) is 5.02 Å². The largest absolute Gasteiger partial charge is 0.323 e. The topological polar surface area (TPSA) is 41.1 Å². The molecule has 2 N–H and O–H groups in total. The van der Waals surface area contributed by atoms with E-state index in [1.54, 1.807) is 20.0 Å². The van der Waals surface area contributed by atoms with Crippen molar-refractivity contribution in [3.63, 3.8) is 0 Å². The van der Waals surface area contributed by atoms with Crippen LogP contribution >= 0.6 is 11.6 Å². The zero-order chi connectivity index (χ0) is 11.4. The van der Waals surface area contributed by atoms with Gasteiger partial charge in [0, 0.05) is 0 Å². The lowest BCUT2D eigenvalue weighted by Gasteiger charge is -2.13. The van der Waals surface area contributed by atoms with Crippen LogP contribution in [0.15, 0.2) is 18.2 Å². The highest BCUT2D eigenvalue weighted by Gasteiger charge is 2.12. The highest BCUT2D eigenvalue weighted by Crippen LogP contribution is 2.25. The Morgan fingerprint density at radius 2 is 2.13 bits per heavy atom. The molecule has 1 aromatic rings. The third-order valence-corrected chi connectivity index (χ3v) is 2.61. The van der Waals surface area contributed by atoms with Crippen molar-refractivity contribution < 1.29 is 4.79 Å². The molecule has 1 amide bonds. The number of anilines is 1. The van der Waals surface area contributed by atoms with Gasteiger partial charge in [-0.15, -0.1) is 0 Å². The predicted octanol–water partition coefficient (Wildman–Crippen LogP) is 2.19. The third-order valence-electron chi connectivity index (χ3n) is 2.30. The van der Waals surface area contributed by atoms with Gasteiger partial charge in [-0.25, -0.2) is 0 Å². The molecule has 0 fully saturated rings. The zero-order valence-corrected chi connectivity index (χ0v) is 9.85. The standard InChI is InChI=1S/C11H15ClN2O/c1-7-5-4-6-9(12)10(7)14-11(15)8(2)13-3/h4-6,8,13H,1-3H3,(H,14,15). The maximum absolute atomic E-state index is 11.6. The fourth-order valence-electron chi connectivity index (χ4n) is 1.15. The summed E-state index contributed by atoms with van der Waals surface area (Å²) in [5.74, 6) is -0.0892. The molecule has 0 aliphatic carbocycles.